The zero-order valence-corrected chi connectivity index (χ0v) is 13.2. The molecule has 0 bridgehead atoms. The van der Waals surface area contributed by atoms with Gasteiger partial charge in [-0.15, -0.1) is 0 Å². The topological polar surface area (TPSA) is 36.9 Å². The van der Waals surface area contributed by atoms with Gasteiger partial charge in [-0.3, -0.25) is 0 Å². The van der Waals surface area contributed by atoms with Gasteiger partial charge in [-0.25, -0.2) is 0 Å². The van der Waals surface area contributed by atoms with Crippen molar-refractivity contribution in [2.75, 3.05) is 13.6 Å². The molecule has 2 aromatic rings. The van der Waals surface area contributed by atoms with Crippen molar-refractivity contribution >= 4 is 0 Å². The lowest BCUT2D eigenvalue weighted by Crippen LogP contribution is -1.98. The standard InChI is InChI=1S/C18H18O4/c1-9-5-13-17(21-7-19-13)15(11(9)3)16-12(4)10(2)6-14-18(16)22-8-20-14/h5-6H,7-8H2,1-4H3. The van der Waals surface area contributed by atoms with E-state index >= 15 is 0 Å². The van der Waals surface area contributed by atoms with E-state index < -0.39 is 0 Å². The Bertz CT molecular complexity index is 725. The fraction of sp³-hybridized carbons (Fsp3) is 0.333. The molecule has 0 spiro atoms. The van der Waals surface area contributed by atoms with Crippen molar-refractivity contribution in [2.45, 2.75) is 27.7 Å². The van der Waals surface area contributed by atoms with Gasteiger partial charge in [0, 0.05) is 11.1 Å². The van der Waals surface area contributed by atoms with Gasteiger partial charge < -0.3 is 18.9 Å². The van der Waals surface area contributed by atoms with Gasteiger partial charge in [0.25, 0.3) is 0 Å². The molecule has 22 heavy (non-hydrogen) atoms. The zero-order valence-electron chi connectivity index (χ0n) is 13.2. The molecular weight excluding hydrogens is 280 g/mol. The molecule has 0 radical (unpaired) electrons. The number of aryl methyl sites for hydroxylation is 2. The monoisotopic (exact) mass is 298 g/mol. The lowest BCUT2D eigenvalue weighted by molar-refractivity contribution is 0.173. The average Bonchev–Trinajstić information content (AvgIpc) is 3.11. The molecule has 0 aromatic heterocycles. The molecule has 0 atom stereocenters. The maximum atomic E-state index is 5.76. The maximum Gasteiger partial charge on any atom is 0.231 e. The lowest BCUT2D eigenvalue weighted by Gasteiger charge is -2.18. The van der Waals surface area contributed by atoms with E-state index in [4.69, 9.17) is 18.9 Å². The molecule has 0 saturated carbocycles. The van der Waals surface area contributed by atoms with E-state index in [2.05, 4.69) is 27.7 Å². The summed E-state index contributed by atoms with van der Waals surface area (Å²) in [5, 5.41) is 0. The third-order valence-corrected chi connectivity index (χ3v) is 4.62. The highest BCUT2D eigenvalue weighted by Crippen LogP contribution is 2.52. The fourth-order valence-corrected chi connectivity index (χ4v) is 3.13. The van der Waals surface area contributed by atoms with Crippen LogP contribution in [0.4, 0.5) is 0 Å². The van der Waals surface area contributed by atoms with Gasteiger partial charge >= 0.3 is 0 Å². The molecule has 2 heterocycles. The summed E-state index contributed by atoms with van der Waals surface area (Å²) in [6.45, 7) is 8.91. The Labute approximate surface area is 129 Å². The Balaban J connectivity index is 2.10. The number of hydrogen-bond acceptors (Lipinski definition) is 4. The number of ether oxygens (including phenoxy) is 4. The van der Waals surface area contributed by atoms with E-state index in [0.29, 0.717) is 0 Å². The smallest absolute Gasteiger partial charge is 0.231 e. The lowest BCUT2D eigenvalue weighted by atomic mass is 9.90. The van der Waals surface area contributed by atoms with Crippen molar-refractivity contribution in [1.82, 2.24) is 0 Å². The van der Waals surface area contributed by atoms with Gasteiger partial charge in [0.1, 0.15) is 0 Å². The molecule has 0 fully saturated rings. The van der Waals surface area contributed by atoms with E-state index in [9.17, 15) is 0 Å². The molecule has 0 amide bonds. The van der Waals surface area contributed by atoms with Gasteiger partial charge in [-0.1, -0.05) is 0 Å². The Morgan fingerprint density at radius 3 is 1.45 bits per heavy atom. The molecule has 0 N–H and O–H groups in total. The third kappa shape index (κ3) is 1.70. The molecule has 0 aliphatic carbocycles. The first-order chi connectivity index (χ1) is 10.6. The molecule has 2 aliphatic rings. The SMILES string of the molecule is Cc1cc2c(c(-c3c(C)c(C)cc4c3OCO4)c1C)OCO2. The first-order valence-electron chi connectivity index (χ1n) is 7.38. The minimum Gasteiger partial charge on any atom is -0.454 e. The number of rotatable bonds is 1. The van der Waals surface area contributed by atoms with Crippen molar-refractivity contribution < 1.29 is 18.9 Å². The molecule has 4 heteroatoms. The Morgan fingerprint density at radius 1 is 0.636 bits per heavy atom. The van der Waals surface area contributed by atoms with E-state index in [1.54, 1.807) is 0 Å². The molecule has 114 valence electrons. The summed E-state index contributed by atoms with van der Waals surface area (Å²) >= 11 is 0. The van der Waals surface area contributed by atoms with Crippen LogP contribution in [-0.4, -0.2) is 13.6 Å². The van der Waals surface area contributed by atoms with Gasteiger partial charge in [0.05, 0.1) is 0 Å². The third-order valence-electron chi connectivity index (χ3n) is 4.62. The summed E-state index contributed by atoms with van der Waals surface area (Å²) in [4.78, 5) is 0. The Kier molecular flexibility index (Phi) is 2.76. The minimum atomic E-state index is 0.260. The predicted molar refractivity (Wildman–Crippen MR) is 83.1 cm³/mol. The number of hydrogen-bond donors (Lipinski definition) is 0. The van der Waals surface area contributed by atoms with Crippen molar-refractivity contribution in [1.29, 1.82) is 0 Å². The Hall–Kier alpha value is -2.36. The van der Waals surface area contributed by atoms with Crippen molar-refractivity contribution in [3.8, 4) is 34.1 Å². The van der Waals surface area contributed by atoms with Crippen molar-refractivity contribution in [3.05, 3.63) is 34.4 Å². The highest BCUT2D eigenvalue weighted by molar-refractivity contribution is 5.87. The summed E-state index contributed by atoms with van der Waals surface area (Å²) in [5.41, 5.74) is 6.80. The number of fused-ring (bicyclic) bond motifs is 2. The largest absolute Gasteiger partial charge is 0.454 e. The van der Waals surface area contributed by atoms with E-state index in [-0.39, 0.29) is 13.6 Å². The molecule has 0 saturated heterocycles. The molecule has 4 rings (SSSR count). The second-order valence-electron chi connectivity index (χ2n) is 5.85. The molecule has 2 aromatic carbocycles. The van der Waals surface area contributed by atoms with Crippen LogP contribution >= 0.6 is 0 Å². The number of benzene rings is 2. The summed E-state index contributed by atoms with van der Waals surface area (Å²) in [6, 6.07) is 4.06. The van der Waals surface area contributed by atoms with Crippen LogP contribution in [0, 0.1) is 27.7 Å². The second-order valence-corrected chi connectivity index (χ2v) is 5.85. The molecule has 4 nitrogen and oxygen atoms in total. The highest BCUT2D eigenvalue weighted by atomic mass is 16.7. The predicted octanol–water partition coefficient (Wildman–Crippen LogP) is 4.04. The van der Waals surface area contributed by atoms with Crippen LogP contribution in [0.3, 0.4) is 0 Å². The second kappa shape index (κ2) is 4.57. The van der Waals surface area contributed by atoms with Crippen molar-refractivity contribution in [2.24, 2.45) is 0 Å². The van der Waals surface area contributed by atoms with Crippen LogP contribution in [0.2, 0.25) is 0 Å². The van der Waals surface area contributed by atoms with Crippen LogP contribution in [0.1, 0.15) is 22.3 Å². The fourth-order valence-electron chi connectivity index (χ4n) is 3.13. The Morgan fingerprint density at radius 2 is 1.05 bits per heavy atom. The van der Waals surface area contributed by atoms with Crippen molar-refractivity contribution in [3.63, 3.8) is 0 Å². The molecule has 0 unspecified atom stereocenters. The highest BCUT2D eigenvalue weighted by Gasteiger charge is 2.29. The van der Waals surface area contributed by atoms with Crippen LogP contribution < -0.4 is 18.9 Å². The van der Waals surface area contributed by atoms with Crippen LogP contribution in [0.15, 0.2) is 12.1 Å². The summed E-state index contributed by atoms with van der Waals surface area (Å²) in [5.74, 6) is 3.20. The van der Waals surface area contributed by atoms with Gasteiger partial charge in [-0.2, -0.15) is 0 Å². The quantitative estimate of drug-likeness (QED) is 0.796. The van der Waals surface area contributed by atoms with Crippen LogP contribution in [0.25, 0.3) is 11.1 Å². The van der Waals surface area contributed by atoms with Gasteiger partial charge in [-0.05, 0) is 62.1 Å². The van der Waals surface area contributed by atoms with Gasteiger partial charge in [0.2, 0.25) is 13.6 Å². The summed E-state index contributed by atoms with van der Waals surface area (Å²) < 4.78 is 22.7. The van der Waals surface area contributed by atoms with Gasteiger partial charge in [0.15, 0.2) is 23.0 Å². The zero-order chi connectivity index (χ0) is 15.4. The molecule has 2 aliphatic heterocycles. The van der Waals surface area contributed by atoms with E-state index in [0.717, 1.165) is 34.1 Å². The first-order valence-corrected chi connectivity index (χ1v) is 7.38. The summed E-state index contributed by atoms with van der Waals surface area (Å²) in [7, 11) is 0. The average molecular weight is 298 g/mol. The summed E-state index contributed by atoms with van der Waals surface area (Å²) in [6.07, 6.45) is 0. The normalized spacial score (nSPS) is 14.5. The van der Waals surface area contributed by atoms with E-state index in [1.807, 2.05) is 12.1 Å². The molecular formula is C18H18O4. The van der Waals surface area contributed by atoms with E-state index in [1.165, 1.54) is 22.3 Å². The van der Waals surface area contributed by atoms with Crippen LogP contribution in [-0.2, 0) is 0 Å². The first kappa shape index (κ1) is 13.3. The van der Waals surface area contributed by atoms with Crippen LogP contribution in [0.5, 0.6) is 23.0 Å². The maximum absolute atomic E-state index is 5.76. The minimum absolute atomic E-state index is 0.260.